The maximum absolute atomic E-state index is 13.1. The Balaban J connectivity index is 1.58. The van der Waals surface area contributed by atoms with E-state index in [0.29, 0.717) is 69.4 Å². The van der Waals surface area contributed by atoms with Crippen molar-refractivity contribution < 1.29 is 9.53 Å². The van der Waals surface area contributed by atoms with E-state index in [0.717, 1.165) is 12.0 Å². The third-order valence-electron chi connectivity index (χ3n) is 6.57. The Kier molecular flexibility index (Phi) is 6.89. The number of aryl methyl sites for hydroxylation is 3. The average Bonchev–Trinajstić information content (AvgIpc) is 3.39. The van der Waals surface area contributed by atoms with Gasteiger partial charge in [-0.05, 0) is 75.3 Å². The molecule has 0 radical (unpaired) electrons. The number of hydrogen-bond acceptors (Lipinski definition) is 6. The Morgan fingerprint density at radius 3 is 2.59 bits per heavy atom. The molecule has 1 aliphatic rings. The highest BCUT2D eigenvalue weighted by atomic mass is 32.1. The predicted molar refractivity (Wildman–Crippen MR) is 154 cm³/mol. The number of carbonyl (C=O) groups excluding carboxylic acids is 1. The van der Waals surface area contributed by atoms with Crippen LogP contribution in [0.4, 0.5) is 17.1 Å². The first-order valence-electron chi connectivity index (χ1n) is 12.7. The van der Waals surface area contributed by atoms with Crippen LogP contribution in [0.25, 0.3) is 21.7 Å². The number of fused-ring (bicyclic) bond motifs is 1. The summed E-state index contributed by atoms with van der Waals surface area (Å²) in [6.07, 6.45) is 1.54. The minimum atomic E-state index is -0.295. The maximum Gasteiger partial charge on any atom is 0.277 e. The first kappa shape index (κ1) is 26.1. The number of nitrogens with zero attached hydrogens (tertiary/aromatic N) is 6. The van der Waals surface area contributed by atoms with Gasteiger partial charge in [-0.15, -0.1) is 5.10 Å². The van der Waals surface area contributed by atoms with Crippen LogP contribution >= 0.6 is 12.2 Å². The second-order valence-corrected chi connectivity index (χ2v) is 9.59. The zero-order chi connectivity index (χ0) is 27.8. The lowest BCUT2D eigenvalue weighted by Gasteiger charge is -2.22. The monoisotopic (exact) mass is 541 g/mol. The summed E-state index contributed by atoms with van der Waals surface area (Å²) in [6.45, 7) is 15.3. The number of rotatable bonds is 7. The van der Waals surface area contributed by atoms with Crippen molar-refractivity contribution in [2.45, 2.75) is 40.5 Å². The van der Waals surface area contributed by atoms with Crippen LogP contribution < -0.4 is 20.1 Å². The van der Waals surface area contributed by atoms with Gasteiger partial charge in [0.2, 0.25) is 0 Å². The first-order chi connectivity index (χ1) is 18.8. The lowest BCUT2D eigenvalue weighted by molar-refractivity contribution is -0.115. The summed E-state index contributed by atoms with van der Waals surface area (Å²) in [5.74, 6) is 1.40. The molecule has 0 aliphatic carbocycles. The fourth-order valence-electron chi connectivity index (χ4n) is 4.76. The number of hydrogen-bond donors (Lipinski definition) is 1. The normalized spacial score (nSPS) is 13.4. The zero-order valence-corrected chi connectivity index (χ0v) is 22.9. The highest BCUT2D eigenvalue weighted by Gasteiger charge is 2.35. The molecule has 0 bridgehead atoms. The van der Waals surface area contributed by atoms with Crippen molar-refractivity contribution >= 4 is 45.8 Å². The Bertz CT molecular complexity index is 1730. The van der Waals surface area contributed by atoms with Crippen molar-refractivity contribution in [1.29, 1.82) is 0 Å². The first-order valence-corrected chi connectivity index (χ1v) is 13.1. The van der Waals surface area contributed by atoms with Crippen LogP contribution in [0.3, 0.4) is 0 Å². The topological polar surface area (TPSA) is 100 Å². The molecule has 0 atom stereocenters. The smallest absolute Gasteiger partial charge is 0.277 e. The van der Waals surface area contributed by atoms with E-state index in [9.17, 15) is 9.59 Å². The third-order valence-corrected chi connectivity index (χ3v) is 6.97. The van der Waals surface area contributed by atoms with Gasteiger partial charge in [0.15, 0.2) is 22.1 Å². The molecule has 39 heavy (non-hydrogen) atoms. The number of benzene rings is 2. The van der Waals surface area contributed by atoms with Gasteiger partial charge < -0.3 is 14.6 Å². The second-order valence-electron chi connectivity index (χ2n) is 9.22. The molecule has 3 heterocycles. The highest BCUT2D eigenvalue weighted by Crippen LogP contribution is 2.35. The summed E-state index contributed by atoms with van der Waals surface area (Å²) in [5, 5.41) is 5.06. The van der Waals surface area contributed by atoms with Crippen LogP contribution in [0.15, 0.2) is 41.2 Å². The van der Waals surface area contributed by atoms with Crippen LogP contribution in [-0.4, -0.2) is 43.8 Å². The summed E-state index contributed by atoms with van der Waals surface area (Å²) < 4.78 is 7.48. The molecule has 1 fully saturated rings. The van der Waals surface area contributed by atoms with E-state index in [-0.39, 0.29) is 18.0 Å². The third kappa shape index (κ3) is 4.53. The van der Waals surface area contributed by atoms with Gasteiger partial charge in [0, 0.05) is 17.8 Å². The van der Waals surface area contributed by atoms with Gasteiger partial charge in [0.1, 0.15) is 18.1 Å². The van der Waals surface area contributed by atoms with E-state index in [2.05, 4.69) is 14.8 Å². The number of imidazole rings is 1. The molecule has 1 saturated heterocycles. The van der Waals surface area contributed by atoms with Crippen molar-refractivity contribution in [2.24, 2.45) is 0 Å². The molecular formula is C28H27N7O3S. The Labute approximate surface area is 230 Å². The summed E-state index contributed by atoms with van der Waals surface area (Å²) in [6, 6.07) is 10.6. The number of H-pyrrole nitrogens is 1. The second kappa shape index (κ2) is 10.3. The van der Waals surface area contributed by atoms with Crippen LogP contribution in [-0.2, 0) is 11.2 Å². The van der Waals surface area contributed by atoms with Gasteiger partial charge in [-0.2, -0.15) is 0 Å². The van der Waals surface area contributed by atoms with Gasteiger partial charge in [-0.1, -0.05) is 13.0 Å². The highest BCUT2D eigenvalue weighted by molar-refractivity contribution is 7.81. The number of carbonyl (C=O) groups is 1. The minimum absolute atomic E-state index is 0.0419. The number of aromatic amines is 1. The zero-order valence-electron chi connectivity index (χ0n) is 22.1. The SMILES string of the molecule is [C-]#[N+]c1ccc(N2C(=O)CN(c3ccc(OCC)c(-c4nn5c(CCC)nc(C)c5c(=O)[nH]4)c3)C2=S)cc1C. The summed E-state index contributed by atoms with van der Waals surface area (Å²) >= 11 is 5.74. The Morgan fingerprint density at radius 1 is 1.13 bits per heavy atom. The number of thiocarbonyl (C=S) groups is 1. The van der Waals surface area contributed by atoms with E-state index < -0.39 is 0 Å². The quantitative estimate of drug-likeness (QED) is 0.266. The van der Waals surface area contributed by atoms with Gasteiger partial charge in [-0.3, -0.25) is 14.5 Å². The fraction of sp³-hybridized carbons (Fsp3) is 0.286. The molecule has 5 rings (SSSR count). The van der Waals surface area contributed by atoms with Gasteiger partial charge in [0.25, 0.3) is 11.5 Å². The molecular weight excluding hydrogens is 514 g/mol. The lowest BCUT2D eigenvalue weighted by Crippen LogP contribution is -2.32. The van der Waals surface area contributed by atoms with Crippen LogP contribution in [0.5, 0.6) is 5.75 Å². The molecule has 11 heteroatoms. The molecule has 4 aromatic rings. The molecule has 198 valence electrons. The van der Waals surface area contributed by atoms with E-state index in [1.54, 1.807) is 40.6 Å². The molecule has 1 aliphatic heterocycles. The van der Waals surface area contributed by atoms with Crippen molar-refractivity contribution in [2.75, 3.05) is 23.0 Å². The number of aromatic nitrogens is 4. The molecule has 10 nitrogen and oxygen atoms in total. The molecule has 0 spiro atoms. The van der Waals surface area contributed by atoms with Crippen molar-refractivity contribution in [3.05, 3.63) is 75.3 Å². The Morgan fingerprint density at radius 2 is 1.90 bits per heavy atom. The van der Waals surface area contributed by atoms with Crippen LogP contribution in [0, 0.1) is 20.4 Å². The minimum Gasteiger partial charge on any atom is -0.493 e. The summed E-state index contributed by atoms with van der Waals surface area (Å²) in [5.41, 5.74) is 3.86. The lowest BCUT2D eigenvalue weighted by atomic mass is 10.1. The Hall–Kier alpha value is -4.56. The number of nitrogens with one attached hydrogen (secondary N) is 1. The number of amides is 1. The number of anilines is 2. The maximum atomic E-state index is 13.1. The standard InChI is InChI=1S/C28H27N7O3S/c1-6-8-23-30-17(4)25-27(37)31-26(32-35(23)25)20-14-18(10-12-22(20)38-7-2)33-15-24(36)34(28(33)39)19-9-11-21(29-5)16(3)13-19/h9-14H,6-8,15H2,1-4H3,(H,31,32,37). The fourth-order valence-corrected chi connectivity index (χ4v) is 5.13. The van der Waals surface area contributed by atoms with Gasteiger partial charge in [0.05, 0.1) is 24.4 Å². The van der Waals surface area contributed by atoms with Gasteiger partial charge in [-0.25, -0.2) is 14.3 Å². The van der Waals surface area contributed by atoms with Crippen molar-refractivity contribution in [1.82, 2.24) is 19.6 Å². The molecule has 1 amide bonds. The van der Waals surface area contributed by atoms with E-state index >= 15 is 0 Å². The average molecular weight is 542 g/mol. The molecule has 1 N–H and O–H groups in total. The predicted octanol–water partition coefficient (Wildman–Crippen LogP) is 4.74. The molecule has 2 aromatic heterocycles. The van der Waals surface area contributed by atoms with E-state index in [1.165, 1.54) is 4.90 Å². The molecule has 0 saturated carbocycles. The summed E-state index contributed by atoms with van der Waals surface area (Å²) in [7, 11) is 0. The van der Waals surface area contributed by atoms with Crippen LogP contribution in [0.2, 0.25) is 0 Å². The molecule has 2 aromatic carbocycles. The number of ether oxygens (including phenoxy) is 1. The van der Waals surface area contributed by atoms with Crippen LogP contribution in [0.1, 0.15) is 37.4 Å². The largest absolute Gasteiger partial charge is 0.493 e. The van der Waals surface area contributed by atoms with E-state index in [1.807, 2.05) is 32.9 Å². The summed E-state index contributed by atoms with van der Waals surface area (Å²) in [4.78, 5) is 40.3. The van der Waals surface area contributed by atoms with Crippen molar-refractivity contribution in [3.8, 4) is 17.1 Å². The molecule has 0 unspecified atom stereocenters. The van der Waals surface area contributed by atoms with Crippen molar-refractivity contribution in [3.63, 3.8) is 0 Å². The van der Waals surface area contributed by atoms with Gasteiger partial charge >= 0.3 is 0 Å². The van der Waals surface area contributed by atoms with E-state index in [4.69, 9.17) is 28.6 Å².